The van der Waals surface area contributed by atoms with E-state index >= 15 is 0 Å². The van der Waals surface area contributed by atoms with Gasteiger partial charge >= 0.3 is 0 Å². The Morgan fingerprint density at radius 3 is 3.00 bits per heavy atom. The van der Waals surface area contributed by atoms with Crippen molar-refractivity contribution in [1.29, 1.82) is 0 Å². The summed E-state index contributed by atoms with van der Waals surface area (Å²) in [4.78, 5) is 4.15. The average molecular weight is 288 g/mol. The maximum atomic E-state index is 5.58. The van der Waals surface area contributed by atoms with Gasteiger partial charge in [0, 0.05) is 12.4 Å². The second-order valence-corrected chi connectivity index (χ2v) is 3.41. The SMILES string of the molecule is NN1[N-]C=CN1c1cccnc1I. The van der Waals surface area contributed by atoms with Crippen LogP contribution in [0, 0.1) is 3.70 Å². The highest BCUT2D eigenvalue weighted by Gasteiger charge is 2.10. The van der Waals surface area contributed by atoms with Crippen LogP contribution in [-0.4, -0.2) is 10.2 Å². The first-order valence-corrected chi connectivity index (χ1v) is 4.69. The molecule has 0 amide bonds. The monoisotopic (exact) mass is 288 g/mol. The third kappa shape index (κ3) is 1.60. The van der Waals surface area contributed by atoms with Crippen molar-refractivity contribution >= 4 is 28.3 Å². The summed E-state index contributed by atoms with van der Waals surface area (Å²) in [5.41, 5.74) is 4.78. The summed E-state index contributed by atoms with van der Waals surface area (Å²) in [6, 6.07) is 3.79. The molecular formula is C7H7IN5-. The number of anilines is 1. The number of nitrogens with two attached hydrogens (primary N) is 1. The Kier molecular flexibility index (Phi) is 2.34. The van der Waals surface area contributed by atoms with Crippen molar-refractivity contribution in [2.75, 3.05) is 5.01 Å². The molecule has 1 aliphatic heterocycles. The van der Waals surface area contributed by atoms with E-state index in [9.17, 15) is 0 Å². The van der Waals surface area contributed by atoms with Gasteiger partial charge in [-0.1, -0.05) is 0 Å². The molecule has 0 unspecified atom stereocenters. The van der Waals surface area contributed by atoms with Crippen molar-refractivity contribution in [3.05, 3.63) is 39.9 Å². The lowest BCUT2D eigenvalue weighted by atomic mass is 10.4. The second-order valence-electron chi connectivity index (χ2n) is 2.39. The van der Waals surface area contributed by atoms with Gasteiger partial charge in [-0.05, 0) is 34.7 Å². The second kappa shape index (κ2) is 3.48. The van der Waals surface area contributed by atoms with Crippen molar-refractivity contribution in [3.63, 3.8) is 0 Å². The van der Waals surface area contributed by atoms with Crippen molar-refractivity contribution in [3.8, 4) is 0 Å². The number of hydrogen-bond donors (Lipinski definition) is 1. The first kappa shape index (κ1) is 8.73. The third-order valence-electron chi connectivity index (χ3n) is 1.60. The van der Waals surface area contributed by atoms with E-state index < -0.39 is 0 Å². The normalized spacial score (nSPS) is 16.3. The lowest BCUT2D eigenvalue weighted by molar-refractivity contribution is 0.392. The smallest absolute Gasteiger partial charge is 0.126 e. The number of aromatic nitrogens is 1. The molecule has 1 aromatic rings. The summed E-state index contributed by atoms with van der Waals surface area (Å²) >= 11 is 2.15. The van der Waals surface area contributed by atoms with Crippen molar-refractivity contribution in [1.82, 2.24) is 10.2 Å². The van der Waals surface area contributed by atoms with Gasteiger partial charge in [-0.15, -0.1) is 6.20 Å². The largest absolute Gasteiger partial charge is 0.591 e. The molecule has 0 saturated carbocycles. The minimum Gasteiger partial charge on any atom is -0.591 e. The minimum absolute atomic E-state index is 0.886. The van der Waals surface area contributed by atoms with Gasteiger partial charge < -0.3 is 5.43 Å². The fourth-order valence-electron chi connectivity index (χ4n) is 1.02. The Hall–Kier alpha value is -0.860. The first-order valence-electron chi connectivity index (χ1n) is 3.61. The van der Waals surface area contributed by atoms with Crippen LogP contribution in [-0.2, 0) is 0 Å². The van der Waals surface area contributed by atoms with Gasteiger partial charge in [0.2, 0.25) is 0 Å². The zero-order chi connectivity index (χ0) is 9.26. The van der Waals surface area contributed by atoms with Crippen LogP contribution in [0.5, 0.6) is 0 Å². The maximum absolute atomic E-state index is 5.58. The molecule has 0 atom stereocenters. The molecule has 5 nitrogen and oxygen atoms in total. The Morgan fingerprint density at radius 2 is 2.38 bits per heavy atom. The summed E-state index contributed by atoms with van der Waals surface area (Å²) in [7, 11) is 0. The quantitative estimate of drug-likeness (QED) is 0.481. The predicted octanol–water partition coefficient (Wildman–Crippen LogP) is 1.36. The van der Waals surface area contributed by atoms with E-state index in [1.807, 2.05) is 12.1 Å². The average Bonchev–Trinajstić information content (AvgIpc) is 2.52. The topological polar surface area (TPSA) is 59.5 Å². The number of pyridine rings is 1. The Morgan fingerprint density at radius 1 is 1.54 bits per heavy atom. The van der Waals surface area contributed by atoms with Gasteiger partial charge in [-0.25, -0.2) is 10.2 Å². The van der Waals surface area contributed by atoms with Gasteiger partial charge in [-0.2, -0.15) is 0 Å². The molecule has 2 heterocycles. The molecule has 0 bridgehead atoms. The molecule has 2 N–H and O–H groups in total. The highest BCUT2D eigenvalue weighted by molar-refractivity contribution is 14.1. The molecule has 0 radical (unpaired) electrons. The number of hydrogen-bond acceptors (Lipinski definition) is 4. The Labute approximate surface area is 89.3 Å². The zero-order valence-corrected chi connectivity index (χ0v) is 8.79. The van der Waals surface area contributed by atoms with Crippen LogP contribution >= 0.6 is 22.6 Å². The lowest BCUT2D eigenvalue weighted by Crippen LogP contribution is -2.37. The Balaban J connectivity index is 2.35. The van der Waals surface area contributed by atoms with Crippen molar-refractivity contribution < 1.29 is 0 Å². The lowest BCUT2D eigenvalue weighted by Gasteiger charge is -2.33. The van der Waals surface area contributed by atoms with Gasteiger partial charge in [-0.3, -0.25) is 10.9 Å². The molecule has 13 heavy (non-hydrogen) atoms. The number of hydrazine groups is 2. The van der Waals surface area contributed by atoms with Crippen LogP contribution in [0.4, 0.5) is 5.69 Å². The molecule has 0 fully saturated rings. The highest BCUT2D eigenvalue weighted by atomic mass is 127. The van der Waals surface area contributed by atoms with Crippen LogP contribution in [0.1, 0.15) is 0 Å². The molecule has 2 rings (SSSR count). The number of rotatable bonds is 1. The van der Waals surface area contributed by atoms with Gasteiger partial charge in [0.15, 0.2) is 0 Å². The fourth-order valence-corrected chi connectivity index (χ4v) is 1.61. The van der Waals surface area contributed by atoms with E-state index in [-0.39, 0.29) is 0 Å². The molecule has 68 valence electrons. The van der Waals surface area contributed by atoms with Gasteiger partial charge in [0.1, 0.15) is 3.70 Å². The van der Waals surface area contributed by atoms with E-state index in [1.54, 1.807) is 23.6 Å². The summed E-state index contributed by atoms with van der Waals surface area (Å²) < 4.78 is 0.886. The molecule has 1 aliphatic rings. The molecule has 0 aliphatic carbocycles. The number of halogens is 1. The summed E-state index contributed by atoms with van der Waals surface area (Å²) in [6.07, 6.45) is 5.14. The van der Waals surface area contributed by atoms with E-state index in [0.717, 1.165) is 9.39 Å². The van der Waals surface area contributed by atoms with Gasteiger partial charge in [0.25, 0.3) is 0 Å². The van der Waals surface area contributed by atoms with Crippen LogP contribution in [0.15, 0.2) is 30.7 Å². The van der Waals surface area contributed by atoms with E-state index in [4.69, 9.17) is 5.84 Å². The van der Waals surface area contributed by atoms with Crippen LogP contribution in [0.25, 0.3) is 5.43 Å². The van der Waals surface area contributed by atoms with Crippen LogP contribution in [0.2, 0.25) is 0 Å². The summed E-state index contributed by atoms with van der Waals surface area (Å²) in [5.74, 6) is 5.58. The predicted molar refractivity (Wildman–Crippen MR) is 58.0 cm³/mol. The zero-order valence-electron chi connectivity index (χ0n) is 6.63. The summed E-state index contributed by atoms with van der Waals surface area (Å²) in [6.45, 7) is 0. The molecule has 0 saturated heterocycles. The molecule has 1 aromatic heterocycles. The third-order valence-corrected chi connectivity index (χ3v) is 2.43. The standard InChI is InChI=1S/C7H7IN5/c8-7-6(2-1-3-10-7)12-5-4-11-13(12)9/h1-5H,9H2/q-1. The van der Waals surface area contributed by atoms with Gasteiger partial charge in [0.05, 0.1) is 5.69 Å². The maximum Gasteiger partial charge on any atom is 0.126 e. The van der Waals surface area contributed by atoms with Crippen molar-refractivity contribution in [2.24, 2.45) is 5.84 Å². The van der Waals surface area contributed by atoms with E-state index in [2.05, 4.69) is 33.0 Å². The van der Waals surface area contributed by atoms with E-state index in [0.29, 0.717) is 0 Å². The fraction of sp³-hybridized carbons (Fsp3) is 0. The first-order chi connectivity index (χ1) is 6.29. The number of nitrogens with zero attached hydrogens (tertiary/aromatic N) is 4. The van der Waals surface area contributed by atoms with E-state index in [1.165, 1.54) is 5.23 Å². The Bertz CT molecular complexity index is 339. The highest BCUT2D eigenvalue weighted by Crippen LogP contribution is 2.24. The van der Waals surface area contributed by atoms with Crippen molar-refractivity contribution in [2.45, 2.75) is 0 Å². The molecule has 0 aromatic carbocycles. The molecular weight excluding hydrogens is 281 g/mol. The molecule has 0 spiro atoms. The summed E-state index contributed by atoms with van der Waals surface area (Å²) in [5, 5.41) is 2.98. The molecule has 6 heteroatoms. The van der Waals surface area contributed by atoms with Crippen LogP contribution in [0.3, 0.4) is 0 Å². The van der Waals surface area contributed by atoms with Crippen LogP contribution < -0.4 is 10.9 Å². The minimum atomic E-state index is 0.886.